The Morgan fingerprint density at radius 1 is 1.06 bits per heavy atom. The molecule has 0 fully saturated rings. The van der Waals surface area contributed by atoms with Crippen molar-refractivity contribution >= 4 is 23.3 Å². The molecule has 0 saturated carbocycles. The molecule has 10 heteroatoms. The fraction of sp³-hybridized carbons (Fsp3) is 0.385. The molecule has 2 aromatic rings. The van der Waals surface area contributed by atoms with Gasteiger partial charge in [0.15, 0.2) is 0 Å². The summed E-state index contributed by atoms with van der Waals surface area (Å²) in [7, 11) is 3.05. The molecular formula is C26H36N4O6. The molecule has 2 rings (SSSR count). The SMILES string of the molecule is COc1ccc(OC)c(N(N)/C(C)=C(\N)C(=O)Nc2cc(OCCCC(=O)O)cc(C(C)(C)C)c2)c1. The lowest BCUT2D eigenvalue weighted by Gasteiger charge is -2.24. The monoisotopic (exact) mass is 500 g/mol. The molecule has 1 amide bonds. The van der Waals surface area contributed by atoms with Crippen molar-refractivity contribution in [1.29, 1.82) is 0 Å². The summed E-state index contributed by atoms with van der Waals surface area (Å²) in [6, 6.07) is 10.5. The number of benzene rings is 2. The van der Waals surface area contributed by atoms with Gasteiger partial charge in [0, 0.05) is 24.2 Å². The first-order valence-corrected chi connectivity index (χ1v) is 11.4. The van der Waals surface area contributed by atoms with Crippen molar-refractivity contribution in [1.82, 2.24) is 0 Å². The first-order valence-electron chi connectivity index (χ1n) is 11.4. The van der Waals surface area contributed by atoms with Crippen LogP contribution in [0.1, 0.15) is 46.1 Å². The molecule has 0 spiro atoms. The number of nitrogens with zero attached hydrogens (tertiary/aromatic N) is 1. The third-order valence-electron chi connectivity index (χ3n) is 5.48. The lowest BCUT2D eigenvalue weighted by molar-refractivity contribution is -0.137. The quantitative estimate of drug-likeness (QED) is 0.157. The highest BCUT2D eigenvalue weighted by Gasteiger charge is 2.20. The van der Waals surface area contributed by atoms with Gasteiger partial charge >= 0.3 is 5.97 Å². The van der Waals surface area contributed by atoms with Gasteiger partial charge in [-0.05, 0) is 48.6 Å². The predicted molar refractivity (Wildman–Crippen MR) is 139 cm³/mol. The molecule has 0 unspecified atom stereocenters. The lowest BCUT2D eigenvalue weighted by Crippen LogP contribution is -2.34. The molecule has 0 atom stereocenters. The van der Waals surface area contributed by atoms with Gasteiger partial charge < -0.3 is 30.4 Å². The molecule has 0 aliphatic rings. The normalized spacial score (nSPS) is 11.9. The fourth-order valence-corrected chi connectivity index (χ4v) is 3.26. The minimum atomic E-state index is -0.881. The Hall–Kier alpha value is -3.92. The van der Waals surface area contributed by atoms with E-state index < -0.39 is 11.9 Å². The molecule has 0 saturated heterocycles. The van der Waals surface area contributed by atoms with E-state index in [0.29, 0.717) is 40.7 Å². The molecular weight excluding hydrogens is 464 g/mol. The second kappa shape index (κ2) is 12.2. The molecule has 0 aromatic heterocycles. The van der Waals surface area contributed by atoms with E-state index in [0.717, 1.165) is 5.56 Å². The van der Waals surface area contributed by atoms with Crippen LogP contribution in [0.5, 0.6) is 17.2 Å². The van der Waals surface area contributed by atoms with Crippen molar-refractivity contribution in [2.24, 2.45) is 11.6 Å². The van der Waals surface area contributed by atoms with Crippen LogP contribution in [0.2, 0.25) is 0 Å². The average Bonchev–Trinajstić information content (AvgIpc) is 2.83. The summed E-state index contributed by atoms with van der Waals surface area (Å²) < 4.78 is 16.4. The van der Waals surface area contributed by atoms with Crippen molar-refractivity contribution in [3.8, 4) is 17.2 Å². The van der Waals surface area contributed by atoms with E-state index >= 15 is 0 Å². The minimum Gasteiger partial charge on any atom is -0.497 e. The van der Waals surface area contributed by atoms with Crippen molar-refractivity contribution in [2.45, 2.75) is 46.0 Å². The topological polar surface area (TPSA) is 149 Å². The molecule has 0 aliphatic carbocycles. The summed E-state index contributed by atoms with van der Waals surface area (Å²) >= 11 is 0. The molecule has 0 aliphatic heterocycles. The molecule has 2 aromatic carbocycles. The Labute approximate surface area is 211 Å². The first kappa shape index (κ1) is 28.3. The van der Waals surface area contributed by atoms with Crippen LogP contribution in [0.4, 0.5) is 11.4 Å². The molecule has 0 radical (unpaired) electrons. The Kier molecular flexibility index (Phi) is 9.57. The van der Waals surface area contributed by atoms with Gasteiger partial charge in [-0.1, -0.05) is 20.8 Å². The number of carboxylic acids is 1. The standard InChI is InChI=1S/C26H36N4O6/c1-16(30(28)21-15-19(34-5)9-10-22(21)35-6)24(27)25(33)29-18-12-17(26(2,3)4)13-20(14-18)36-11-7-8-23(31)32/h9-10,12-15H,7-8,11,27-28H2,1-6H3,(H,29,33)(H,31,32)/b24-16-. The second-order valence-electron chi connectivity index (χ2n) is 9.20. The zero-order valence-electron chi connectivity index (χ0n) is 21.7. The van der Waals surface area contributed by atoms with Crippen molar-refractivity contribution < 1.29 is 28.9 Å². The number of anilines is 2. The van der Waals surface area contributed by atoms with E-state index in [1.807, 2.05) is 32.9 Å². The number of carbonyl (C=O) groups is 2. The summed E-state index contributed by atoms with van der Waals surface area (Å²) in [5, 5.41) is 12.9. The van der Waals surface area contributed by atoms with Gasteiger partial charge in [0.1, 0.15) is 28.6 Å². The minimum absolute atomic E-state index is 0.0107. The van der Waals surface area contributed by atoms with E-state index in [9.17, 15) is 9.59 Å². The van der Waals surface area contributed by atoms with Crippen LogP contribution in [-0.2, 0) is 15.0 Å². The van der Waals surface area contributed by atoms with E-state index in [1.165, 1.54) is 19.2 Å². The molecule has 36 heavy (non-hydrogen) atoms. The smallest absolute Gasteiger partial charge is 0.303 e. The number of hydrogen-bond donors (Lipinski definition) is 4. The van der Waals surface area contributed by atoms with Gasteiger partial charge in [-0.3, -0.25) is 14.6 Å². The lowest BCUT2D eigenvalue weighted by atomic mass is 9.86. The van der Waals surface area contributed by atoms with E-state index in [2.05, 4.69) is 5.32 Å². The number of nitrogens with two attached hydrogens (primary N) is 2. The Morgan fingerprint density at radius 3 is 2.33 bits per heavy atom. The van der Waals surface area contributed by atoms with Crippen LogP contribution in [0.25, 0.3) is 0 Å². The molecule has 6 N–H and O–H groups in total. The van der Waals surface area contributed by atoms with Crippen LogP contribution in [0.3, 0.4) is 0 Å². The van der Waals surface area contributed by atoms with E-state index in [1.54, 1.807) is 31.2 Å². The number of carboxylic acid groups (broad SMARTS) is 1. The van der Waals surface area contributed by atoms with Gasteiger partial charge in [0.25, 0.3) is 5.91 Å². The van der Waals surface area contributed by atoms with E-state index in [4.69, 9.17) is 30.9 Å². The largest absolute Gasteiger partial charge is 0.497 e. The Morgan fingerprint density at radius 2 is 1.75 bits per heavy atom. The highest BCUT2D eigenvalue weighted by atomic mass is 16.5. The maximum atomic E-state index is 13.0. The number of hydrazine groups is 1. The average molecular weight is 501 g/mol. The Balaban J connectivity index is 2.30. The van der Waals surface area contributed by atoms with Crippen molar-refractivity contribution in [3.63, 3.8) is 0 Å². The zero-order chi connectivity index (χ0) is 27.0. The fourth-order valence-electron chi connectivity index (χ4n) is 3.26. The van der Waals surface area contributed by atoms with Crippen LogP contribution in [0, 0.1) is 0 Å². The summed E-state index contributed by atoms with van der Waals surface area (Å²) in [4.78, 5) is 23.8. The van der Waals surface area contributed by atoms with Crippen molar-refractivity contribution in [2.75, 3.05) is 31.2 Å². The number of nitrogens with one attached hydrogen (secondary N) is 1. The second-order valence-corrected chi connectivity index (χ2v) is 9.20. The van der Waals surface area contributed by atoms with Crippen molar-refractivity contribution in [3.05, 3.63) is 53.4 Å². The number of ether oxygens (including phenoxy) is 3. The molecule has 0 heterocycles. The summed E-state index contributed by atoms with van der Waals surface area (Å²) in [5.74, 6) is 6.41. The summed E-state index contributed by atoms with van der Waals surface area (Å²) in [6.07, 6.45) is 0.378. The first-order chi connectivity index (χ1) is 16.9. The van der Waals surface area contributed by atoms with Crippen LogP contribution >= 0.6 is 0 Å². The predicted octanol–water partition coefficient (Wildman–Crippen LogP) is 3.75. The van der Waals surface area contributed by atoms with Crippen LogP contribution in [0.15, 0.2) is 47.8 Å². The highest BCUT2D eigenvalue weighted by Crippen LogP contribution is 2.33. The number of hydrogen-bond acceptors (Lipinski definition) is 8. The number of rotatable bonds is 11. The molecule has 0 bridgehead atoms. The summed E-state index contributed by atoms with van der Waals surface area (Å²) in [5.41, 5.74) is 8.05. The molecule has 196 valence electrons. The summed E-state index contributed by atoms with van der Waals surface area (Å²) in [6.45, 7) is 7.96. The zero-order valence-corrected chi connectivity index (χ0v) is 21.7. The number of aliphatic carboxylic acids is 1. The van der Waals surface area contributed by atoms with Gasteiger partial charge in [0.05, 0.1) is 26.5 Å². The number of carbonyl (C=O) groups excluding carboxylic acids is 1. The number of allylic oxidation sites excluding steroid dienone is 1. The van der Waals surface area contributed by atoms with Gasteiger partial charge in [0.2, 0.25) is 0 Å². The number of methoxy groups -OCH3 is 2. The maximum absolute atomic E-state index is 13.0. The Bertz CT molecular complexity index is 1120. The van der Waals surface area contributed by atoms with Crippen LogP contribution in [-0.4, -0.2) is 37.8 Å². The van der Waals surface area contributed by atoms with E-state index in [-0.39, 0.29) is 24.1 Å². The highest BCUT2D eigenvalue weighted by molar-refractivity contribution is 6.04. The van der Waals surface area contributed by atoms with Gasteiger partial charge in [-0.2, -0.15) is 0 Å². The maximum Gasteiger partial charge on any atom is 0.303 e. The third-order valence-corrected chi connectivity index (χ3v) is 5.48. The van der Waals surface area contributed by atoms with Gasteiger partial charge in [-0.15, -0.1) is 0 Å². The third kappa shape index (κ3) is 7.54. The number of amides is 1. The van der Waals surface area contributed by atoms with Gasteiger partial charge in [-0.25, -0.2) is 5.84 Å². The molecule has 10 nitrogen and oxygen atoms in total. The van der Waals surface area contributed by atoms with Crippen LogP contribution < -0.4 is 36.1 Å².